The van der Waals surface area contributed by atoms with Gasteiger partial charge in [0.15, 0.2) is 5.78 Å². The van der Waals surface area contributed by atoms with Crippen molar-refractivity contribution < 1.29 is 28.9 Å². The fourth-order valence-corrected chi connectivity index (χ4v) is 4.24. The Morgan fingerprint density at radius 3 is 2.14 bits per heavy atom. The molecule has 0 saturated carbocycles. The molecule has 3 aromatic rings. The summed E-state index contributed by atoms with van der Waals surface area (Å²) in [6.07, 6.45) is 2.54. The van der Waals surface area contributed by atoms with E-state index in [-0.39, 0.29) is 23.3 Å². The van der Waals surface area contributed by atoms with Crippen LogP contribution in [-0.4, -0.2) is 46.5 Å². The van der Waals surface area contributed by atoms with Gasteiger partial charge in [-0.05, 0) is 92.0 Å². The number of carbonyl (C=O) groups is 2. The van der Waals surface area contributed by atoms with E-state index >= 15 is 0 Å². The van der Waals surface area contributed by atoms with Gasteiger partial charge in [-0.3, -0.25) is 9.59 Å². The molecule has 37 heavy (non-hydrogen) atoms. The minimum Gasteiger partial charge on any atom is -0.508 e. The van der Waals surface area contributed by atoms with E-state index in [0.29, 0.717) is 35.6 Å². The number of carbonyl (C=O) groups excluding carboxylic acids is 2. The Morgan fingerprint density at radius 2 is 1.57 bits per heavy atom. The smallest absolute Gasteiger partial charge is 0.308 e. The Labute approximate surface area is 221 Å². The van der Waals surface area contributed by atoms with Crippen molar-refractivity contribution in [2.75, 3.05) is 19.6 Å². The molecule has 1 aliphatic rings. The number of halogens is 2. The lowest BCUT2D eigenvalue weighted by atomic mass is 9.84. The van der Waals surface area contributed by atoms with Crippen molar-refractivity contribution >= 4 is 23.4 Å². The molecule has 0 bridgehead atoms. The second kappa shape index (κ2) is 13.3. The van der Waals surface area contributed by atoms with Crippen LogP contribution in [0.5, 0.6) is 11.5 Å². The van der Waals surface area contributed by atoms with E-state index in [9.17, 15) is 19.1 Å². The number of phenols is 1. The normalized spacial score (nSPS) is 14.8. The Hall–Kier alpha value is -3.26. The minimum absolute atomic E-state index is 0.0414. The van der Waals surface area contributed by atoms with Gasteiger partial charge in [-0.1, -0.05) is 23.7 Å². The predicted octanol–water partition coefficient (Wildman–Crippen LogP) is 5.74. The number of aromatic hydroxyl groups is 1. The Balaban J connectivity index is 0.000000289. The first kappa shape index (κ1) is 28.3. The van der Waals surface area contributed by atoms with Crippen LogP contribution in [0, 0.1) is 5.82 Å². The Morgan fingerprint density at radius 1 is 0.973 bits per heavy atom. The number of ketones is 1. The molecule has 0 amide bonds. The van der Waals surface area contributed by atoms with E-state index < -0.39 is 5.60 Å². The molecule has 8 heteroatoms. The molecule has 4 rings (SSSR count). The molecule has 1 aliphatic heterocycles. The first-order valence-corrected chi connectivity index (χ1v) is 12.5. The predicted molar refractivity (Wildman–Crippen MR) is 140 cm³/mol. The molecular weight excluding hydrogens is 497 g/mol. The quantitative estimate of drug-likeness (QED) is 0.231. The number of phenolic OH excluding ortho intramolecular Hbond substituents is 1. The largest absolute Gasteiger partial charge is 0.508 e. The molecule has 6 nitrogen and oxygen atoms in total. The molecule has 196 valence electrons. The zero-order valence-corrected chi connectivity index (χ0v) is 21.5. The maximum absolute atomic E-state index is 12.9. The summed E-state index contributed by atoms with van der Waals surface area (Å²) >= 11 is 5.92. The molecule has 2 N–H and O–H groups in total. The summed E-state index contributed by atoms with van der Waals surface area (Å²) in [5, 5.41) is 20.4. The summed E-state index contributed by atoms with van der Waals surface area (Å²) in [5.74, 6) is -0.0605. The summed E-state index contributed by atoms with van der Waals surface area (Å²) in [6.45, 7) is 3.74. The molecule has 0 unspecified atom stereocenters. The average Bonchev–Trinajstić information content (AvgIpc) is 2.87. The number of ether oxygens (including phenoxy) is 1. The van der Waals surface area contributed by atoms with Crippen molar-refractivity contribution in [3.8, 4) is 11.5 Å². The number of hydrogen-bond acceptors (Lipinski definition) is 6. The number of aliphatic hydroxyl groups is 1. The van der Waals surface area contributed by atoms with Crippen LogP contribution in [0.3, 0.4) is 0 Å². The van der Waals surface area contributed by atoms with Crippen molar-refractivity contribution in [1.82, 2.24) is 4.90 Å². The highest BCUT2D eigenvalue weighted by Gasteiger charge is 2.33. The highest BCUT2D eigenvalue weighted by atomic mass is 35.5. The third kappa shape index (κ3) is 8.97. The monoisotopic (exact) mass is 527 g/mol. The van der Waals surface area contributed by atoms with Crippen LogP contribution in [0.1, 0.15) is 48.5 Å². The van der Waals surface area contributed by atoms with Crippen LogP contribution >= 0.6 is 11.6 Å². The molecule has 0 aliphatic carbocycles. The summed E-state index contributed by atoms with van der Waals surface area (Å²) in [7, 11) is 0. The summed E-state index contributed by atoms with van der Waals surface area (Å²) in [6, 6.07) is 19.0. The lowest BCUT2D eigenvalue weighted by Gasteiger charge is -2.38. The molecule has 1 heterocycles. The van der Waals surface area contributed by atoms with E-state index in [1.165, 1.54) is 55.5 Å². The first-order valence-electron chi connectivity index (χ1n) is 12.1. The Kier molecular flexibility index (Phi) is 10.2. The molecule has 1 saturated heterocycles. The van der Waals surface area contributed by atoms with Crippen LogP contribution < -0.4 is 4.74 Å². The van der Waals surface area contributed by atoms with E-state index in [1.54, 1.807) is 0 Å². The van der Waals surface area contributed by atoms with Crippen LogP contribution in [-0.2, 0) is 10.4 Å². The Bertz CT molecular complexity index is 1160. The van der Waals surface area contributed by atoms with Crippen molar-refractivity contribution in [2.24, 2.45) is 0 Å². The van der Waals surface area contributed by atoms with E-state index in [0.717, 1.165) is 31.6 Å². The molecule has 0 radical (unpaired) electrons. The number of benzene rings is 3. The van der Waals surface area contributed by atoms with Crippen molar-refractivity contribution in [1.29, 1.82) is 0 Å². The third-order valence-corrected chi connectivity index (χ3v) is 6.46. The second-order valence-electron chi connectivity index (χ2n) is 9.00. The zero-order valence-electron chi connectivity index (χ0n) is 20.7. The molecule has 0 aromatic heterocycles. The maximum atomic E-state index is 12.9. The van der Waals surface area contributed by atoms with Crippen LogP contribution in [0.4, 0.5) is 4.39 Å². The van der Waals surface area contributed by atoms with Gasteiger partial charge in [0.25, 0.3) is 0 Å². The van der Waals surface area contributed by atoms with Crippen LogP contribution in [0.2, 0.25) is 5.02 Å². The molecular formula is C29H31ClFNO5. The van der Waals surface area contributed by atoms with Gasteiger partial charge in [0, 0.05) is 37.0 Å². The van der Waals surface area contributed by atoms with Gasteiger partial charge in [0.05, 0.1) is 5.60 Å². The second-order valence-corrected chi connectivity index (χ2v) is 9.44. The summed E-state index contributed by atoms with van der Waals surface area (Å²) in [4.78, 5) is 24.8. The van der Waals surface area contributed by atoms with Gasteiger partial charge in [0.2, 0.25) is 0 Å². The average molecular weight is 528 g/mol. The fourth-order valence-electron chi connectivity index (χ4n) is 4.12. The molecule has 1 fully saturated rings. The highest BCUT2D eigenvalue weighted by Crippen LogP contribution is 2.33. The van der Waals surface area contributed by atoms with Gasteiger partial charge in [-0.2, -0.15) is 0 Å². The van der Waals surface area contributed by atoms with Crippen molar-refractivity contribution in [3.63, 3.8) is 0 Å². The van der Waals surface area contributed by atoms with E-state index in [1.807, 2.05) is 24.3 Å². The number of rotatable bonds is 7. The number of nitrogens with zero attached hydrogens (tertiary/aromatic N) is 1. The number of hydrogen-bond donors (Lipinski definition) is 2. The van der Waals surface area contributed by atoms with Crippen molar-refractivity contribution in [3.05, 3.63) is 94.8 Å². The topological polar surface area (TPSA) is 87.1 Å². The maximum Gasteiger partial charge on any atom is 0.308 e. The molecule has 3 aromatic carbocycles. The van der Waals surface area contributed by atoms with Gasteiger partial charge in [0.1, 0.15) is 17.3 Å². The van der Waals surface area contributed by atoms with Crippen molar-refractivity contribution in [2.45, 2.75) is 38.2 Å². The SMILES string of the molecule is CC(=O)Oc1ccc(O)cc1.O=C(CCCN1CCC(O)(c2ccc(Cl)cc2)CC1)c1ccc(F)cc1. The zero-order chi connectivity index (χ0) is 26.8. The summed E-state index contributed by atoms with van der Waals surface area (Å²) < 4.78 is 17.6. The van der Waals surface area contributed by atoms with Crippen LogP contribution in [0.15, 0.2) is 72.8 Å². The van der Waals surface area contributed by atoms with Gasteiger partial charge >= 0.3 is 5.97 Å². The number of likely N-dealkylation sites (tertiary alicyclic amines) is 1. The number of Topliss-reactive ketones (excluding diaryl/α,β-unsaturated/α-hetero) is 1. The van der Waals surface area contributed by atoms with E-state index in [2.05, 4.69) is 4.90 Å². The highest BCUT2D eigenvalue weighted by molar-refractivity contribution is 6.30. The number of esters is 1. The lowest BCUT2D eigenvalue weighted by Crippen LogP contribution is -2.42. The van der Waals surface area contributed by atoms with E-state index in [4.69, 9.17) is 21.4 Å². The molecule has 0 atom stereocenters. The van der Waals surface area contributed by atoms with Gasteiger partial charge < -0.3 is 19.8 Å². The minimum atomic E-state index is -0.801. The summed E-state index contributed by atoms with van der Waals surface area (Å²) in [5.41, 5.74) is 0.667. The third-order valence-electron chi connectivity index (χ3n) is 6.21. The first-order chi connectivity index (χ1) is 17.6. The molecule has 0 spiro atoms. The van der Waals surface area contributed by atoms with Gasteiger partial charge in [-0.15, -0.1) is 0 Å². The van der Waals surface area contributed by atoms with Gasteiger partial charge in [-0.25, -0.2) is 4.39 Å². The fraction of sp³-hybridized carbons (Fsp3) is 0.310. The standard InChI is InChI=1S/C21H23ClFNO2.C8H8O3/c22-18-7-5-17(6-8-18)21(26)11-14-24(15-12-21)13-1-2-20(25)16-3-9-19(23)10-4-16;1-6(9)11-8-4-2-7(10)3-5-8/h3-10,26H,1-2,11-15H2;2-5,10H,1H3. The number of piperidine rings is 1. The van der Waals surface area contributed by atoms with Crippen LogP contribution in [0.25, 0.3) is 0 Å². The lowest BCUT2D eigenvalue weighted by molar-refractivity contribution is -0.131.